The summed E-state index contributed by atoms with van der Waals surface area (Å²) in [5, 5.41) is 8.77. The predicted octanol–water partition coefficient (Wildman–Crippen LogP) is 5.28. The maximum atomic E-state index is 5.70. The van der Waals surface area contributed by atoms with Crippen molar-refractivity contribution in [2.75, 3.05) is 18.9 Å². The third kappa shape index (κ3) is 6.55. The second-order valence-corrected chi connectivity index (χ2v) is 9.06. The Labute approximate surface area is 210 Å². The van der Waals surface area contributed by atoms with Gasteiger partial charge in [-0.25, -0.2) is 15.0 Å². The molecular weight excluding hydrogens is 462 g/mol. The van der Waals surface area contributed by atoms with Crippen LogP contribution >= 0.6 is 11.9 Å². The maximum Gasteiger partial charge on any atom is 0.239 e. The van der Waals surface area contributed by atoms with Crippen LogP contribution in [0.4, 0.5) is 5.95 Å². The number of hydrogen-bond donors (Lipinski definition) is 1. The summed E-state index contributed by atoms with van der Waals surface area (Å²) in [7, 11) is 3.24. The fourth-order valence-electron chi connectivity index (χ4n) is 3.18. The van der Waals surface area contributed by atoms with Gasteiger partial charge in [-0.05, 0) is 62.4 Å². The lowest BCUT2D eigenvalue weighted by Gasteiger charge is -2.21. The molecule has 0 bridgehead atoms. The van der Waals surface area contributed by atoms with Gasteiger partial charge in [0.1, 0.15) is 11.8 Å². The molecule has 0 fully saturated rings. The number of pyridine rings is 1. The SMILES string of the molecule is C=C/C=C(C)\C(C)=C\n1c(NSC(C)C(OC)c2ncc(C)cn2)nnc1-c1cccc(OC)n1. The average molecular weight is 494 g/mol. The van der Waals surface area contributed by atoms with E-state index in [4.69, 9.17) is 9.47 Å². The Morgan fingerprint density at radius 2 is 1.89 bits per heavy atom. The van der Waals surface area contributed by atoms with Crippen LogP contribution in [0.1, 0.15) is 38.3 Å². The predicted molar refractivity (Wildman–Crippen MR) is 141 cm³/mol. The number of hydrogen-bond acceptors (Lipinski definition) is 9. The number of methoxy groups -OCH3 is 2. The molecule has 35 heavy (non-hydrogen) atoms. The van der Waals surface area contributed by atoms with Crippen molar-refractivity contribution in [3.05, 3.63) is 71.9 Å². The molecule has 0 aromatic carbocycles. The summed E-state index contributed by atoms with van der Waals surface area (Å²) in [4.78, 5) is 13.4. The molecule has 0 spiro atoms. The van der Waals surface area contributed by atoms with Crippen molar-refractivity contribution >= 4 is 24.1 Å². The zero-order valence-electron chi connectivity index (χ0n) is 20.9. The normalized spacial score (nSPS) is 13.9. The second-order valence-electron chi connectivity index (χ2n) is 7.88. The molecule has 0 saturated heterocycles. The lowest BCUT2D eigenvalue weighted by Crippen LogP contribution is -2.19. The highest BCUT2D eigenvalue weighted by atomic mass is 32.2. The molecule has 3 rings (SSSR count). The zero-order valence-corrected chi connectivity index (χ0v) is 21.7. The highest BCUT2D eigenvalue weighted by Crippen LogP contribution is 2.30. The van der Waals surface area contributed by atoms with E-state index in [1.807, 2.05) is 56.7 Å². The third-order valence-corrected chi connectivity index (χ3v) is 6.16. The molecule has 0 amide bonds. The first-order valence-corrected chi connectivity index (χ1v) is 11.9. The largest absolute Gasteiger partial charge is 0.481 e. The quantitative estimate of drug-likeness (QED) is 0.282. The van der Waals surface area contributed by atoms with Gasteiger partial charge in [0, 0.05) is 31.8 Å². The lowest BCUT2D eigenvalue weighted by atomic mass is 10.1. The van der Waals surface area contributed by atoms with Crippen LogP contribution < -0.4 is 9.46 Å². The number of anilines is 1. The van der Waals surface area contributed by atoms with Gasteiger partial charge in [0.25, 0.3) is 0 Å². The van der Waals surface area contributed by atoms with E-state index in [0.717, 1.165) is 16.7 Å². The van der Waals surface area contributed by atoms with Gasteiger partial charge in [0.05, 0.1) is 12.4 Å². The maximum absolute atomic E-state index is 5.70. The Balaban J connectivity index is 1.92. The minimum atomic E-state index is -0.306. The molecule has 3 aromatic rings. The third-order valence-electron chi connectivity index (χ3n) is 5.24. The summed E-state index contributed by atoms with van der Waals surface area (Å²) in [5.41, 5.74) is 3.73. The highest BCUT2D eigenvalue weighted by molar-refractivity contribution is 8.01. The standard InChI is InChI=1S/C25H31N7O2S/c1-8-10-17(3)18(4)15-32-24(20-11-9-12-21(28-20)33-6)29-30-25(32)31-35-19(5)22(34-7)23-26-13-16(2)14-27-23/h8-15,19,22H,1H2,2-7H3,(H,30,31)/b17-10-,18-15+. The first-order valence-electron chi connectivity index (χ1n) is 11.0. The molecule has 0 aliphatic rings. The number of nitrogens with zero attached hydrogens (tertiary/aromatic N) is 6. The van der Waals surface area contributed by atoms with Gasteiger partial charge in [-0.3, -0.25) is 9.29 Å². The Kier molecular flexibility index (Phi) is 9.16. The van der Waals surface area contributed by atoms with Gasteiger partial charge < -0.3 is 9.47 Å². The highest BCUT2D eigenvalue weighted by Gasteiger charge is 2.24. The van der Waals surface area contributed by atoms with Crippen LogP contribution in [-0.2, 0) is 4.74 Å². The first kappa shape index (κ1) is 26.1. The van der Waals surface area contributed by atoms with Crippen LogP contribution in [0, 0.1) is 6.92 Å². The topological polar surface area (TPSA) is 99.9 Å². The molecule has 1 N–H and O–H groups in total. The first-order chi connectivity index (χ1) is 16.9. The van der Waals surface area contributed by atoms with Gasteiger partial charge in [0.2, 0.25) is 11.8 Å². The van der Waals surface area contributed by atoms with E-state index in [2.05, 4.69) is 36.5 Å². The fourth-order valence-corrected chi connectivity index (χ4v) is 3.97. The van der Waals surface area contributed by atoms with E-state index in [9.17, 15) is 0 Å². The Morgan fingerprint density at radius 3 is 2.54 bits per heavy atom. The van der Waals surface area contributed by atoms with E-state index in [1.54, 1.807) is 38.8 Å². The van der Waals surface area contributed by atoms with Crippen molar-refractivity contribution in [1.82, 2.24) is 29.7 Å². The van der Waals surface area contributed by atoms with Crippen LogP contribution in [0.15, 0.2) is 60.5 Å². The lowest BCUT2D eigenvalue weighted by molar-refractivity contribution is 0.0972. The van der Waals surface area contributed by atoms with Gasteiger partial charge in [-0.15, -0.1) is 10.2 Å². The molecule has 2 unspecified atom stereocenters. The fraction of sp³-hybridized carbons (Fsp3) is 0.320. The van der Waals surface area contributed by atoms with Crippen molar-refractivity contribution < 1.29 is 9.47 Å². The Morgan fingerprint density at radius 1 is 1.14 bits per heavy atom. The van der Waals surface area contributed by atoms with Gasteiger partial charge in [-0.1, -0.05) is 24.8 Å². The second kappa shape index (κ2) is 12.3. The Hall–Kier alpha value is -3.50. The molecule has 0 radical (unpaired) electrons. The molecular formula is C25H31N7O2S. The molecule has 184 valence electrons. The minimum absolute atomic E-state index is 0.0290. The van der Waals surface area contributed by atoms with Crippen LogP contribution in [0.3, 0.4) is 0 Å². The van der Waals surface area contributed by atoms with Crippen LogP contribution in [0.25, 0.3) is 17.7 Å². The molecule has 3 heterocycles. The summed E-state index contributed by atoms with van der Waals surface area (Å²) in [5.74, 6) is 2.25. The van der Waals surface area contributed by atoms with Gasteiger partial charge in [-0.2, -0.15) is 0 Å². The smallest absolute Gasteiger partial charge is 0.239 e. The summed E-state index contributed by atoms with van der Waals surface area (Å²) in [6.45, 7) is 11.8. The van der Waals surface area contributed by atoms with Crippen molar-refractivity contribution in [2.24, 2.45) is 0 Å². The summed E-state index contributed by atoms with van der Waals surface area (Å²) in [6.07, 6.45) is 8.95. The number of aromatic nitrogens is 6. The Bertz CT molecular complexity index is 1200. The van der Waals surface area contributed by atoms with Gasteiger partial charge >= 0.3 is 0 Å². The number of nitrogens with one attached hydrogen (secondary N) is 1. The number of allylic oxidation sites excluding steroid dienone is 4. The molecule has 10 heteroatoms. The minimum Gasteiger partial charge on any atom is -0.481 e. The van der Waals surface area contributed by atoms with Crippen LogP contribution in [0.2, 0.25) is 0 Å². The van der Waals surface area contributed by atoms with E-state index in [0.29, 0.717) is 29.2 Å². The number of ether oxygens (including phenoxy) is 2. The zero-order chi connectivity index (χ0) is 25.4. The van der Waals surface area contributed by atoms with Crippen molar-refractivity contribution in [3.63, 3.8) is 0 Å². The number of aryl methyl sites for hydroxylation is 1. The van der Waals surface area contributed by atoms with Crippen LogP contribution in [-0.4, -0.2) is 49.2 Å². The van der Waals surface area contributed by atoms with E-state index < -0.39 is 0 Å². The molecule has 3 aromatic heterocycles. The van der Waals surface area contributed by atoms with Crippen LogP contribution in [0.5, 0.6) is 5.88 Å². The molecule has 0 aliphatic carbocycles. The van der Waals surface area contributed by atoms with E-state index >= 15 is 0 Å². The number of rotatable bonds is 11. The summed E-state index contributed by atoms with van der Waals surface area (Å²) < 4.78 is 16.2. The molecule has 0 saturated carbocycles. The van der Waals surface area contributed by atoms with Gasteiger partial charge in [0.15, 0.2) is 11.6 Å². The molecule has 0 aliphatic heterocycles. The van der Waals surface area contributed by atoms with Crippen molar-refractivity contribution in [1.29, 1.82) is 0 Å². The van der Waals surface area contributed by atoms with E-state index in [1.165, 1.54) is 11.9 Å². The van der Waals surface area contributed by atoms with E-state index in [-0.39, 0.29) is 11.4 Å². The summed E-state index contributed by atoms with van der Waals surface area (Å²) in [6, 6.07) is 5.53. The molecule has 9 nitrogen and oxygen atoms in total. The molecule has 2 atom stereocenters. The van der Waals surface area contributed by atoms with Crippen molar-refractivity contribution in [2.45, 2.75) is 39.0 Å². The monoisotopic (exact) mass is 493 g/mol. The summed E-state index contributed by atoms with van der Waals surface area (Å²) >= 11 is 1.45. The average Bonchev–Trinajstić information content (AvgIpc) is 3.26. The van der Waals surface area contributed by atoms with Crippen molar-refractivity contribution in [3.8, 4) is 17.4 Å².